The molecule has 0 aromatic carbocycles. The number of anilines is 2. The van der Waals surface area contributed by atoms with E-state index in [0.717, 1.165) is 6.42 Å². The Labute approximate surface area is 110 Å². The van der Waals surface area contributed by atoms with E-state index in [0.29, 0.717) is 24.4 Å². The van der Waals surface area contributed by atoms with E-state index in [1.807, 2.05) is 6.92 Å². The third-order valence-corrected chi connectivity index (χ3v) is 2.58. The summed E-state index contributed by atoms with van der Waals surface area (Å²) in [6, 6.07) is 1.77. The largest absolute Gasteiger partial charge is 0.396 e. The number of hydrogen-bond donors (Lipinski definition) is 3. The molecule has 0 bridgehead atoms. The number of nitrogens with zero attached hydrogens (tertiary/aromatic N) is 5. The quantitative estimate of drug-likeness (QED) is 0.675. The Balaban J connectivity index is 2.09. The molecule has 1 unspecified atom stereocenters. The van der Waals surface area contributed by atoms with E-state index in [2.05, 4.69) is 25.4 Å². The standard InChI is InChI=1S/C11H17N7O/c1-8(3-6-19)7-13-10-15-9(12)16-11(17-10)18-5-2-4-14-18/h2,4-5,8,19H,3,6-7H2,1H3,(H3,12,13,15,16,17). The Morgan fingerprint density at radius 1 is 1.42 bits per heavy atom. The molecule has 4 N–H and O–H groups in total. The third kappa shape index (κ3) is 3.62. The number of aliphatic hydroxyl groups excluding tert-OH is 1. The lowest BCUT2D eigenvalue weighted by atomic mass is 10.1. The summed E-state index contributed by atoms with van der Waals surface area (Å²) in [5.74, 6) is 1.23. The fourth-order valence-corrected chi connectivity index (χ4v) is 1.54. The SMILES string of the molecule is CC(CCO)CNc1nc(N)nc(-n2cccn2)n1. The van der Waals surface area contributed by atoms with Crippen LogP contribution in [0, 0.1) is 5.92 Å². The molecule has 0 aliphatic rings. The first-order valence-electron chi connectivity index (χ1n) is 6.05. The monoisotopic (exact) mass is 263 g/mol. The Bertz CT molecular complexity index is 514. The second-order valence-electron chi connectivity index (χ2n) is 4.27. The first-order valence-corrected chi connectivity index (χ1v) is 6.05. The summed E-state index contributed by atoms with van der Waals surface area (Å²) in [5.41, 5.74) is 5.65. The first kappa shape index (κ1) is 13.2. The molecule has 0 spiro atoms. The smallest absolute Gasteiger partial charge is 0.257 e. The van der Waals surface area contributed by atoms with Gasteiger partial charge in [-0.2, -0.15) is 20.1 Å². The van der Waals surface area contributed by atoms with Crippen LogP contribution in [0.15, 0.2) is 18.5 Å². The molecule has 0 saturated carbocycles. The van der Waals surface area contributed by atoms with Crippen molar-refractivity contribution in [1.82, 2.24) is 24.7 Å². The summed E-state index contributed by atoms with van der Waals surface area (Å²) in [4.78, 5) is 12.3. The summed E-state index contributed by atoms with van der Waals surface area (Å²) in [6.07, 6.45) is 4.09. The normalized spacial score (nSPS) is 12.3. The molecule has 2 rings (SSSR count). The van der Waals surface area contributed by atoms with Crippen LogP contribution in [0.2, 0.25) is 0 Å². The average molecular weight is 263 g/mol. The lowest BCUT2D eigenvalue weighted by molar-refractivity contribution is 0.265. The molecule has 0 aliphatic heterocycles. The highest BCUT2D eigenvalue weighted by molar-refractivity contribution is 5.34. The second kappa shape index (κ2) is 6.10. The van der Waals surface area contributed by atoms with Crippen LogP contribution < -0.4 is 11.1 Å². The molecule has 102 valence electrons. The number of nitrogens with two attached hydrogens (primary N) is 1. The van der Waals surface area contributed by atoms with Gasteiger partial charge >= 0.3 is 0 Å². The maximum atomic E-state index is 8.85. The fraction of sp³-hybridized carbons (Fsp3) is 0.455. The predicted molar refractivity (Wildman–Crippen MR) is 70.7 cm³/mol. The van der Waals surface area contributed by atoms with Gasteiger partial charge in [-0.3, -0.25) is 0 Å². The van der Waals surface area contributed by atoms with Gasteiger partial charge in [0.05, 0.1) is 0 Å². The molecule has 8 nitrogen and oxygen atoms in total. The van der Waals surface area contributed by atoms with Gasteiger partial charge in [-0.25, -0.2) is 4.68 Å². The van der Waals surface area contributed by atoms with Crippen molar-refractivity contribution in [2.24, 2.45) is 5.92 Å². The predicted octanol–water partition coefficient (Wildman–Crippen LogP) is 0.0699. The fourth-order valence-electron chi connectivity index (χ4n) is 1.54. The minimum Gasteiger partial charge on any atom is -0.396 e. The van der Waals surface area contributed by atoms with Crippen LogP contribution in [0.1, 0.15) is 13.3 Å². The lowest BCUT2D eigenvalue weighted by Crippen LogP contribution is -2.16. The lowest BCUT2D eigenvalue weighted by Gasteiger charge is -2.11. The van der Waals surface area contributed by atoms with Crippen LogP contribution >= 0.6 is 0 Å². The van der Waals surface area contributed by atoms with Crippen LogP contribution in [-0.4, -0.2) is 43.0 Å². The molecule has 0 saturated heterocycles. The molecule has 8 heteroatoms. The number of aromatic nitrogens is 5. The summed E-state index contributed by atoms with van der Waals surface area (Å²) in [7, 11) is 0. The van der Waals surface area contributed by atoms with Gasteiger partial charge in [0, 0.05) is 25.5 Å². The average Bonchev–Trinajstić information content (AvgIpc) is 2.90. The van der Waals surface area contributed by atoms with Crippen LogP contribution in [0.3, 0.4) is 0 Å². The van der Waals surface area contributed by atoms with Gasteiger partial charge in [0.2, 0.25) is 11.9 Å². The Morgan fingerprint density at radius 3 is 2.95 bits per heavy atom. The highest BCUT2D eigenvalue weighted by atomic mass is 16.3. The highest BCUT2D eigenvalue weighted by Crippen LogP contribution is 2.08. The van der Waals surface area contributed by atoms with E-state index in [1.165, 1.54) is 4.68 Å². The molecule has 1 atom stereocenters. The highest BCUT2D eigenvalue weighted by Gasteiger charge is 2.07. The van der Waals surface area contributed by atoms with Crippen LogP contribution in [-0.2, 0) is 0 Å². The minimum atomic E-state index is 0.137. The van der Waals surface area contributed by atoms with Gasteiger partial charge in [-0.1, -0.05) is 6.92 Å². The van der Waals surface area contributed by atoms with Crippen molar-refractivity contribution >= 4 is 11.9 Å². The van der Waals surface area contributed by atoms with Crippen molar-refractivity contribution in [3.63, 3.8) is 0 Å². The van der Waals surface area contributed by atoms with E-state index in [-0.39, 0.29) is 12.6 Å². The molecular weight excluding hydrogens is 246 g/mol. The van der Waals surface area contributed by atoms with Crippen molar-refractivity contribution in [2.45, 2.75) is 13.3 Å². The Kier molecular flexibility index (Phi) is 4.24. The second-order valence-corrected chi connectivity index (χ2v) is 4.27. The van der Waals surface area contributed by atoms with Gasteiger partial charge in [-0.15, -0.1) is 0 Å². The molecule has 19 heavy (non-hydrogen) atoms. The molecule has 2 heterocycles. The van der Waals surface area contributed by atoms with Gasteiger partial charge in [-0.05, 0) is 18.4 Å². The van der Waals surface area contributed by atoms with Crippen molar-refractivity contribution in [2.75, 3.05) is 24.2 Å². The summed E-state index contributed by atoms with van der Waals surface area (Å²) in [5, 5.41) is 16.0. The van der Waals surface area contributed by atoms with Crippen LogP contribution in [0.4, 0.5) is 11.9 Å². The maximum absolute atomic E-state index is 8.85. The molecular formula is C11H17N7O. The van der Waals surface area contributed by atoms with Gasteiger partial charge in [0.15, 0.2) is 0 Å². The van der Waals surface area contributed by atoms with Crippen molar-refractivity contribution in [1.29, 1.82) is 0 Å². The molecule has 2 aromatic heterocycles. The van der Waals surface area contributed by atoms with Crippen molar-refractivity contribution < 1.29 is 5.11 Å². The van der Waals surface area contributed by atoms with Gasteiger partial charge in [0.25, 0.3) is 5.95 Å². The Morgan fingerprint density at radius 2 is 2.26 bits per heavy atom. The van der Waals surface area contributed by atoms with E-state index >= 15 is 0 Å². The number of rotatable bonds is 6. The summed E-state index contributed by atoms with van der Waals surface area (Å²) in [6.45, 7) is 2.85. The molecule has 0 amide bonds. The van der Waals surface area contributed by atoms with E-state index in [4.69, 9.17) is 10.8 Å². The molecule has 2 aromatic rings. The number of hydrogen-bond acceptors (Lipinski definition) is 7. The van der Waals surface area contributed by atoms with Crippen molar-refractivity contribution in [3.05, 3.63) is 18.5 Å². The van der Waals surface area contributed by atoms with Crippen LogP contribution in [0.25, 0.3) is 5.95 Å². The number of nitrogen functional groups attached to an aromatic ring is 1. The zero-order valence-electron chi connectivity index (χ0n) is 10.7. The van der Waals surface area contributed by atoms with E-state index < -0.39 is 0 Å². The van der Waals surface area contributed by atoms with Gasteiger partial charge < -0.3 is 16.2 Å². The first-order chi connectivity index (χ1) is 9.19. The van der Waals surface area contributed by atoms with E-state index in [9.17, 15) is 0 Å². The molecule has 0 fully saturated rings. The zero-order chi connectivity index (χ0) is 13.7. The Hall–Kier alpha value is -2.22. The molecule has 0 radical (unpaired) electrons. The summed E-state index contributed by atoms with van der Waals surface area (Å²) >= 11 is 0. The van der Waals surface area contributed by atoms with Crippen molar-refractivity contribution in [3.8, 4) is 5.95 Å². The van der Waals surface area contributed by atoms with E-state index in [1.54, 1.807) is 18.5 Å². The number of aliphatic hydroxyl groups is 1. The van der Waals surface area contributed by atoms with Gasteiger partial charge in [0.1, 0.15) is 0 Å². The van der Waals surface area contributed by atoms with Crippen LogP contribution in [0.5, 0.6) is 0 Å². The minimum absolute atomic E-state index is 0.137. The molecule has 0 aliphatic carbocycles. The number of nitrogens with one attached hydrogen (secondary N) is 1. The summed E-state index contributed by atoms with van der Waals surface area (Å²) < 4.78 is 1.51. The topological polar surface area (TPSA) is 115 Å². The zero-order valence-corrected chi connectivity index (χ0v) is 10.7. The maximum Gasteiger partial charge on any atom is 0.257 e. The third-order valence-electron chi connectivity index (χ3n) is 2.58.